The molecule has 0 amide bonds. The third-order valence-corrected chi connectivity index (χ3v) is 3.75. The van der Waals surface area contributed by atoms with E-state index in [9.17, 15) is 5.11 Å². The molecule has 3 nitrogen and oxygen atoms in total. The van der Waals surface area contributed by atoms with Gasteiger partial charge in [-0.2, -0.15) is 0 Å². The molecule has 1 atom stereocenters. The Bertz CT molecular complexity index is 530. The molecule has 2 rings (SSSR count). The normalized spacial score (nSPS) is 12.4. The summed E-state index contributed by atoms with van der Waals surface area (Å²) in [5.41, 5.74) is 0.943. The van der Waals surface area contributed by atoms with Gasteiger partial charge in [-0.1, -0.05) is 46.3 Å². The fourth-order valence-corrected chi connectivity index (χ4v) is 2.28. The third-order valence-electron chi connectivity index (χ3n) is 3.22. The van der Waals surface area contributed by atoms with E-state index in [2.05, 4.69) is 20.8 Å². The number of likely N-dealkylation sites (N-methyl/N-ethyl adjacent to an activating group) is 1. The number of hydrogen-bond donors (Lipinski definition) is 1. The smallest absolute Gasteiger partial charge is 0.119 e. The Hall–Kier alpha value is -1.36. The zero-order chi connectivity index (χ0) is 15.1. The lowest BCUT2D eigenvalue weighted by Crippen LogP contribution is -2.28. The van der Waals surface area contributed by atoms with E-state index in [1.165, 1.54) is 0 Å². The molecule has 0 bridgehead atoms. The van der Waals surface area contributed by atoms with Crippen LogP contribution in [0.1, 0.15) is 11.7 Å². The number of halogens is 1. The van der Waals surface area contributed by atoms with Gasteiger partial charge in [-0.3, -0.25) is 0 Å². The summed E-state index contributed by atoms with van der Waals surface area (Å²) in [5.74, 6) is 0.857. The van der Waals surface area contributed by atoms with Gasteiger partial charge in [0.25, 0.3) is 0 Å². The number of ether oxygens (including phenoxy) is 1. The molecule has 112 valence electrons. The molecule has 0 aliphatic rings. The molecule has 0 saturated carbocycles. The Morgan fingerprint density at radius 2 is 1.76 bits per heavy atom. The second kappa shape index (κ2) is 8.17. The van der Waals surface area contributed by atoms with Crippen molar-refractivity contribution in [2.75, 3.05) is 26.7 Å². The quantitative estimate of drug-likeness (QED) is 0.830. The van der Waals surface area contributed by atoms with Crippen molar-refractivity contribution in [2.45, 2.75) is 6.10 Å². The highest BCUT2D eigenvalue weighted by Gasteiger charge is 2.10. The van der Waals surface area contributed by atoms with Crippen molar-refractivity contribution in [3.63, 3.8) is 0 Å². The maximum atomic E-state index is 10.2. The predicted molar refractivity (Wildman–Crippen MR) is 88.5 cm³/mol. The van der Waals surface area contributed by atoms with E-state index in [0.29, 0.717) is 13.2 Å². The van der Waals surface area contributed by atoms with Crippen LogP contribution < -0.4 is 4.74 Å². The van der Waals surface area contributed by atoms with Crippen LogP contribution in [0.5, 0.6) is 5.75 Å². The molecular formula is C17H20BrNO2. The molecule has 21 heavy (non-hydrogen) atoms. The Morgan fingerprint density at radius 1 is 1.10 bits per heavy atom. The van der Waals surface area contributed by atoms with Crippen molar-refractivity contribution in [3.8, 4) is 5.75 Å². The van der Waals surface area contributed by atoms with Crippen molar-refractivity contribution in [1.82, 2.24) is 4.90 Å². The second-order valence-electron chi connectivity index (χ2n) is 4.99. The Balaban J connectivity index is 1.72. The van der Waals surface area contributed by atoms with Gasteiger partial charge in [0, 0.05) is 17.6 Å². The summed E-state index contributed by atoms with van der Waals surface area (Å²) in [4.78, 5) is 2.07. The van der Waals surface area contributed by atoms with Crippen LogP contribution in [-0.2, 0) is 0 Å². The molecule has 2 aromatic rings. The summed E-state index contributed by atoms with van der Waals surface area (Å²) in [6.45, 7) is 1.95. The topological polar surface area (TPSA) is 32.7 Å². The van der Waals surface area contributed by atoms with Gasteiger partial charge in [0.2, 0.25) is 0 Å². The van der Waals surface area contributed by atoms with E-state index in [1.54, 1.807) is 0 Å². The van der Waals surface area contributed by atoms with Crippen molar-refractivity contribution >= 4 is 15.9 Å². The Kier molecular flexibility index (Phi) is 6.23. The van der Waals surface area contributed by atoms with Gasteiger partial charge in [0.15, 0.2) is 0 Å². The van der Waals surface area contributed by atoms with E-state index in [0.717, 1.165) is 22.3 Å². The van der Waals surface area contributed by atoms with Crippen LogP contribution in [0.25, 0.3) is 0 Å². The average Bonchev–Trinajstić information content (AvgIpc) is 2.50. The molecule has 0 aromatic heterocycles. The van der Waals surface area contributed by atoms with E-state index in [1.807, 2.05) is 61.6 Å². The highest BCUT2D eigenvalue weighted by Crippen LogP contribution is 2.16. The summed E-state index contributed by atoms with van der Waals surface area (Å²) in [5, 5.41) is 10.2. The van der Waals surface area contributed by atoms with Gasteiger partial charge in [-0.15, -0.1) is 0 Å². The molecule has 0 unspecified atom stereocenters. The number of nitrogens with zero attached hydrogens (tertiary/aromatic N) is 1. The lowest BCUT2D eigenvalue weighted by Gasteiger charge is -2.20. The Labute approximate surface area is 134 Å². The molecule has 0 aliphatic heterocycles. The first-order valence-electron chi connectivity index (χ1n) is 6.95. The first kappa shape index (κ1) is 16.0. The molecule has 2 aromatic carbocycles. The zero-order valence-electron chi connectivity index (χ0n) is 12.1. The second-order valence-corrected chi connectivity index (χ2v) is 5.91. The molecule has 1 N–H and O–H groups in total. The fourth-order valence-electron chi connectivity index (χ4n) is 2.02. The van der Waals surface area contributed by atoms with Crippen LogP contribution in [0, 0.1) is 0 Å². The Morgan fingerprint density at radius 3 is 2.43 bits per heavy atom. The average molecular weight is 350 g/mol. The van der Waals surface area contributed by atoms with Gasteiger partial charge >= 0.3 is 0 Å². The lowest BCUT2D eigenvalue weighted by atomic mass is 10.1. The molecular weight excluding hydrogens is 330 g/mol. The predicted octanol–water partition coefficient (Wildman–Crippen LogP) is 3.49. The standard InChI is InChI=1S/C17H20BrNO2/c1-19(13-17(20)14-5-3-2-4-6-14)11-12-21-16-9-7-15(18)8-10-16/h2-10,17,20H,11-13H2,1H3/t17-/m1/s1. The van der Waals surface area contributed by atoms with Crippen molar-refractivity contribution < 1.29 is 9.84 Å². The molecule has 4 heteroatoms. The maximum Gasteiger partial charge on any atom is 0.119 e. The minimum Gasteiger partial charge on any atom is -0.492 e. The maximum absolute atomic E-state index is 10.2. The molecule has 0 saturated heterocycles. The van der Waals surface area contributed by atoms with E-state index in [4.69, 9.17) is 4.74 Å². The van der Waals surface area contributed by atoms with Crippen LogP contribution in [-0.4, -0.2) is 36.8 Å². The van der Waals surface area contributed by atoms with Gasteiger partial charge in [-0.05, 0) is 36.9 Å². The number of benzene rings is 2. The SMILES string of the molecule is CN(CCOc1ccc(Br)cc1)C[C@@H](O)c1ccccc1. The molecule has 0 spiro atoms. The van der Waals surface area contributed by atoms with Gasteiger partial charge in [0.1, 0.15) is 12.4 Å². The van der Waals surface area contributed by atoms with E-state index < -0.39 is 6.10 Å². The van der Waals surface area contributed by atoms with E-state index >= 15 is 0 Å². The summed E-state index contributed by atoms with van der Waals surface area (Å²) in [6, 6.07) is 17.5. The molecule has 0 radical (unpaired) electrons. The van der Waals surface area contributed by atoms with Gasteiger partial charge < -0.3 is 14.7 Å². The minimum absolute atomic E-state index is 0.469. The van der Waals surface area contributed by atoms with Crippen molar-refractivity contribution in [1.29, 1.82) is 0 Å². The van der Waals surface area contributed by atoms with E-state index in [-0.39, 0.29) is 0 Å². The highest BCUT2D eigenvalue weighted by molar-refractivity contribution is 9.10. The lowest BCUT2D eigenvalue weighted by molar-refractivity contribution is 0.118. The molecule has 0 fully saturated rings. The summed E-state index contributed by atoms with van der Waals surface area (Å²) in [7, 11) is 1.98. The number of aliphatic hydroxyl groups is 1. The number of hydrogen-bond acceptors (Lipinski definition) is 3. The first-order chi connectivity index (χ1) is 10.1. The summed E-state index contributed by atoms with van der Waals surface area (Å²) < 4.78 is 6.71. The summed E-state index contributed by atoms with van der Waals surface area (Å²) in [6.07, 6.45) is -0.469. The number of aliphatic hydroxyl groups excluding tert-OH is 1. The molecule has 0 aliphatic carbocycles. The van der Waals surface area contributed by atoms with Crippen LogP contribution in [0.4, 0.5) is 0 Å². The van der Waals surface area contributed by atoms with Gasteiger partial charge in [-0.25, -0.2) is 0 Å². The highest BCUT2D eigenvalue weighted by atomic mass is 79.9. The fraction of sp³-hybridized carbons (Fsp3) is 0.294. The van der Waals surface area contributed by atoms with Crippen LogP contribution in [0.2, 0.25) is 0 Å². The summed E-state index contributed by atoms with van der Waals surface area (Å²) >= 11 is 3.39. The van der Waals surface area contributed by atoms with Crippen molar-refractivity contribution in [3.05, 3.63) is 64.6 Å². The third kappa shape index (κ3) is 5.50. The van der Waals surface area contributed by atoms with Crippen LogP contribution in [0.15, 0.2) is 59.1 Å². The molecule has 0 heterocycles. The number of rotatable bonds is 7. The first-order valence-corrected chi connectivity index (χ1v) is 7.74. The van der Waals surface area contributed by atoms with Crippen LogP contribution in [0.3, 0.4) is 0 Å². The monoisotopic (exact) mass is 349 g/mol. The largest absolute Gasteiger partial charge is 0.492 e. The van der Waals surface area contributed by atoms with Crippen molar-refractivity contribution in [2.24, 2.45) is 0 Å². The zero-order valence-corrected chi connectivity index (χ0v) is 13.7. The van der Waals surface area contributed by atoms with Crippen LogP contribution >= 0.6 is 15.9 Å². The van der Waals surface area contributed by atoms with Gasteiger partial charge in [0.05, 0.1) is 6.10 Å². The minimum atomic E-state index is -0.469.